The molecule has 0 spiro atoms. The summed E-state index contributed by atoms with van der Waals surface area (Å²) in [5, 5.41) is 9.00. The Hall–Kier alpha value is 0.126. The number of hydrogen-bond donors (Lipinski definition) is 1. The molecule has 0 saturated heterocycles. The van der Waals surface area contributed by atoms with Crippen LogP contribution in [0.1, 0.15) is 30.1 Å². The number of phenolic OH excluding ortho intramolecular Hbond substituents is 1. The average molecular weight is 233 g/mol. The molecule has 0 amide bonds. The van der Waals surface area contributed by atoms with Crippen LogP contribution in [0.3, 0.4) is 0 Å². The van der Waals surface area contributed by atoms with Crippen LogP contribution in [0.5, 0.6) is 5.75 Å². The van der Waals surface area contributed by atoms with Crippen LogP contribution in [0.4, 0.5) is 0 Å². The van der Waals surface area contributed by atoms with E-state index in [1.165, 1.54) is 12.1 Å². The van der Waals surface area contributed by atoms with Crippen LogP contribution >= 0.6 is 0 Å². The molecule has 0 bridgehead atoms. The van der Waals surface area contributed by atoms with Crippen molar-refractivity contribution in [1.82, 2.24) is 0 Å². The first-order chi connectivity index (χ1) is 6.74. The van der Waals surface area contributed by atoms with E-state index in [2.05, 4.69) is 0 Å². The minimum atomic E-state index is -0.335. The number of phenols is 1. The number of ether oxygens (including phenoxy) is 1. The van der Waals surface area contributed by atoms with Gasteiger partial charge < -0.3 is 9.84 Å². The molecule has 1 aromatic carbocycles. The van der Waals surface area contributed by atoms with Crippen LogP contribution in [0, 0.1) is 0 Å². The van der Waals surface area contributed by atoms with Crippen LogP contribution in [0.15, 0.2) is 24.3 Å². The van der Waals surface area contributed by atoms with E-state index in [1.807, 2.05) is 6.92 Å². The largest absolute Gasteiger partial charge is 0.508 e. The molecule has 1 N–H and O–H groups in total. The topological polar surface area (TPSA) is 46.5 Å². The van der Waals surface area contributed by atoms with Gasteiger partial charge in [-0.1, -0.05) is 13.3 Å². The van der Waals surface area contributed by atoms with Gasteiger partial charge in [0, 0.05) is 51.4 Å². The van der Waals surface area contributed by atoms with Crippen molar-refractivity contribution in [3.63, 3.8) is 0 Å². The quantitative estimate of drug-likeness (QED) is 0.491. The molecule has 4 heteroatoms. The van der Waals surface area contributed by atoms with Gasteiger partial charge in [0.1, 0.15) is 5.75 Å². The van der Waals surface area contributed by atoms with E-state index < -0.39 is 0 Å². The van der Waals surface area contributed by atoms with Gasteiger partial charge in [-0.2, -0.15) is 0 Å². The molecule has 0 saturated carbocycles. The van der Waals surface area contributed by atoms with Gasteiger partial charge in [-0.3, -0.25) is 0 Å². The van der Waals surface area contributed by atoms with Crippen molar-refractivity contribution in [2.75, 3.05) is 6.61 Å². The van der Waals surface area contributed by atoms with Crippen molar-refractivity contribution in [1.29, 1.82) is 0 Å². The maximum Gasteiger partial charge on any atom is 0.338 e. The minimum Gasteiger partial charge on any atom is -0.508 e. The second-order valence-corrected chi connectivity index (χ2v) is 3.04. The van der Waals surface area contributed by atoms with Crippen LogP contribution in [-0.2, 0) is 4.74 Å². The number of rotatable bonds is 4. The molecule has 1 rings (SSSR count). The monoisotopic (exact) mass is 233 g/mol. The Bertz CT molecular complexity index is 295. The zero-order valence-corrected chi connectivity index (χ0v) is 12.3. The van der Waals surface area contributed by atoms with Crippen molar-refractivity contribution >= 4 is 57.4 Å². The summed E-state index contributed by atoms with van der Waals surface area (Å²) in [5.74, 6) is -0.187. The molecule has 1 aromatic rings. The normalized spacial score (nSPS) is 9.13. The first kappa shape index (κ1) is 15.1. The summed E-state index contributed by atoms with van der Waals surface area (Å²) in [4.78, 5) is 11.3. The molecule has 0 fully saturated rings. The number of aromatic hydroxyl groups is 1. The molecular weight excluding hydrogens is 219 g/mol. The Balaban J connectivity index is 0.00000196. The van der Waals surface area contributed by atoms with Crippen molar-refractivity contribution in [3.05, 3.63) is 29.8 Å². The van der Waals surface area contributed by atoms with E-state index in [-0.39, 0.29) is 63.1 Å². The number of carbonyl (C=O) groups excluding carboxylic acids is 1. The summed E-state index contributed by atoms with van der Waals surface area (Å²) in [5.41, 5.74) is 0.471. The Kier molecular flexibility index (Phi) is 8.37. The summed E-state index contributed by atoms with van der Waals surface area (Å²) in [7, 11) is 0. The number of unbranched alkanes of at least 4 members (excludes halogenated alkanes) is 1. The van der Waals surface area contributed by atoms with Crippen LogP contribution < -0.4 is 0 Å². The standard InChI is InChI=1S/C11H14O3.K/c1-2-3-8-14-11(13)9-4-6-10(12)7-5-9;/h4-7,12H,2-3,8H2,1H3;. The average Bonchev–Trinajstić information content (AvgIpc) is 2.19. The van der Waals surface area contributed by atoms with E-state index in [1.54, 1.807) is 12.1 Å². The minimum absolute atomic E-state index is 0. The molecular formula is C11H14KO3. The molecule has 3 nitrogen and oxygen atoms in total. The fraction of sp³-hybridized carbons (Fsp3) is 0.364. The van der Waals surface area contributed by atoms with Gasteiger partial charge in [0.05, 0.1) is 12.2 Å². The third kappa shape index (κ3) is 5.68. The predicted octanol–water partition coefficient (Wildman–Crippen LogP) is 1.97. The molecule has 0 atom stereocenters. The summed E-state index contributed by atoms with van der Waals surface area (Å²) < 4.78 is 4.99. The summed E-state index contributed by atoms with van der Waals surface area (Å²) in [6.45, 7) is 2.49. The Morgan fingerprint density at radius 3 is 2.47 bits per heavy atom. The fourth-order valence-corrected chi connectivity index (χ4v) is 0.990. The van der Waals surface area contributed by atoms with Gasteiger partial charge in [-0.15, -0.1) is 0 Å². The van der Waals surface area contributed by atoms with Crippen molar-refractivity contribution in [2.45, 2.75) is 19.8 Å². The van der Waals surface area contributed by atoms with Gasteiger partial charge in [-0.05, 0) is 30.7 Å². The maximum atomic E-state index is 11.3. The zero-order valence-electron chi connectivity index (χ0n) is 9.19. The summed E-state index contributed by atoms with van der Waals surface area (Å²) in [6, 6.07) is 6.03. The van der Waals surface area contributed by atoms with Crippen molar-refractivity contribution in [3.8, 4) is 5.75 Å². The Labute approximate surface area is 132 Å². The number of esters is 1. The zero-order chi connectivity index (χ0) is 10.4. The van der Waals surface area contributed by atoms with Crippen LogP contribution in [0.2, 0.25) is 0 Å². The third-order valence-corrected chi connectivity index (χ3v) is 1.83. The predicted molar refractivity (Wildman–Crippen MR) is 59.1 cm³/mol. The van der Waals surface area contributed by atoms with Gasteiger partial charge in [-0.25, -0.2) is 4.79 Å². The third-order valence-electron chi connectivity index (χ3n) is 1.83. The van der Waals surface area contributed by atoms with Crippen molar-refractivity contribution in [2.24, 2.45) is 0 Å². The molecule has 15 heavy (non-hydrogen) atoms. The van der Waals surface area contributed by atoms with E-state index in [4.69, 9.17) is 9.84 Å². The van der Waals surface area contributed by atoms with Gasteiger partial charge in [0.15, 0.2) is 0 Å². The number of carbonyl (C=O) groups is 1. The van der Waals surface area contributed by atoms with Crippen LogP contribution in [-0.4, -0.2) is 69.1 Å². The van der Waals surface area contributed by atoms with Gasteiger partial charge >= 0.3 is 5.97 Å². The van der Waals surface area contributed by atoms with E-state index in [9.17, 15) is 4.79 Å². The fourth-order valence-electron chi connectivity index (χ4n) is 0.990. The van der Waals surface area contributed by atoms with Gasteiger partial charge in [0.25, 0.3) is 0 Å². The first-order valence-corrected chi connectivity index (χ1v) is 4.70. The number of benzene rings is 1. The molecule has 0 aliphatic heterocycles. The molecule has 77 valence electrons. The molecule has 0 aliphatic rings. The SMILES string of the molecule is CCCCOC(=O)c1ccc(O)cc1.[K]. The Morgan fingerprint density at radius 1 is 1.33 bits per heavy atom. The maximum absolute atomic E-state index is 11.3. The van der Waals surface area contributed by atoms with E-state index in [0.717, 1.165) is 12.8 Å². The Morgan fingerprint density at radius 2 is 1.93 bits per heavy atom. The van der Waals surface area contributed by atoms with E-state index >= 15 is 0 Å². The van der Waals surface area contributed by atoms with E-state index in [0.29, 0.717) is 12.2 Å². The summed E-state index contributed by atoms with van der Waals surface area (Å²) in [6.07, 6.45) is 1.88. The molecule has 1 radical (unpaired) electrons. The molecule has 0 aliphatic carbocycles. The second kappa shape index (κ2) is 8.30. The van der Waals surface area contributed by atoms with Gasteiger partial charge in [0.2, 0.25) is 0 Å². The molecule has 0 aromatic heterocycles. The molecule has 0 heterocycles. The molecule has 0 unspecified atom stereocenters. The first-order valence-electron chi connectivity index (χ1n) is 4.70. The van der Waals surface area contributed by atoms with Crippen LogP contribution in [0.25, 0.3) is 0 Å². The second-order valence-electron chi connectivity index (χ2n) is 3.04. The summed E-state index contributed by atoms with van der Waals surface area (Å²) >= 11 is 0. The smallest absolute Gasteiger partial charge is 0.338 e. The number of hydrogen-bond acceptors (Lipinski definition) is 3. The van der Waals surface area contributed by atoms with Crippen molar-refractivity contribution < 1.29 is 14.6 Å².